The van der Waals surface area contributed by atoms with Gasteiger partial charge in [-0.05, 0) is 19.1 Å². The van der Waals surface area contributed by atoms with E-state index in [0.717, 1.165) is 5.39 Å². The Bertz CT molecular complexity index is 688. The van der Waals surface area contributed by atoms with Gasteiger partial charge in [0.2, 0.25) is 5.91 Å². The number of halogens is 1. The molecule has 0 bridgehead atoms. The Labute approximate surface area is 127 Å². The van der Waals surface area contributed by atoms with Crippen LogP contribution in [0.4, 0.5) is 0 Å². The van der Waals surface area contributed by atoms with Gasteiger partial charge in [0.05, 0.1) is 17.1 Å². The Balaban J connectivity index is 2.15. The molecule has 2 rings (SSSR count). The predicted molar refractivity (Wildman–Crippen MR) is 82.4 cm³/mol. The minimum absolute atomic E-state index is 0.0602. The van der Waals surface area contributed by atoms with E-state index >= 15 is 0 Å². The van der Waals surface area contributed by atoms with Crippen LogP contribution >= 0.6 is 11.6 Å². The Morgan fingerprint density at radius 1 is 1.33 bits per heavy atom. The number of likely N-dealkylation sites (N-methyl/N-ethyl adjacent to an activating group) is 1. The van der Waals surface area contributed by atoms with Crippen LogP contribution in [0.3, 0.4) is 0 Å². The molecule has 2 amide bonds. The van der Waals surface area contributed by atoms with Gasteiger partial charge in [-0.15, -0.1) is 0 Å². The highest BCUT2D eigenvalue weighted by molar-refractivity contribution is 6.35. The summed E-state index contributed by atoms with van der Waals surface area (Å²) in [6.45, 7) is 2.40. The highest BCUT2D eigenvalue weighted by atomic mass is 35.5. The molecule has 0 unspecified atom stereocenters. The number of nitrogens with one attached hydrogen (secondary N) is 1. The molecule has 0 spiro atoms. The first-order valence-corrected chi connectivity index (χ1v) is 6.98. The van der Waals surface area contributed by atoms with Crippen LogP contribution in [0.2, 0.25) is 5.02 Å². The number of aromatic nitrogens is 1. The summed E-state index contributed by atoms with van der Waals surface area (Å²) in [5.74, 6) is -0.571. The fraction of sp³-hybridized carbons (Fsp3) is 0.267. The fourth-order valence-electron chi connectivity index (χ4n) is 1.81. The monoisotopic (exact) mass is 305 g/mol. The number of para-hydroxylation sites is 1. The van der Waals surface area contributed by atoms with Crippen molar-refractivity contribution in [3.8, 4) is 0 Å². The van der Waals surface area contributed by atoms with Crippen molar-refractivity contribution >= 4 is 34.3 Å². The van der Waals surface area contributed by atoms with E-state index in [1.165, 1.54) is 11.0 Å². The number of pyridine rings is 1. The number of nitrogens with zero attached hydrogens (tertiary/aromatic N) is 2. The van der Waals surface area contributed by atoms with Crippen molar-refractivity contribution < 1.29 is 9.59 Å². The van der Waals surface area contributed by atoms with E-state index < -0.39 is 5.91 Å². The molecule has 21 heavy (non-hydrogen) atoms. The van der Waals surface area contributed by atoms with Crippen molar-refractivity contribution in [1.82, 2.24) is 15.2 Å². The molecule has 110 valence electrons. The summed E-state index contributed by atoms with van der Waals surface area (Å²) in [5.41, 5.74) is 0.845. The Hall–Kier alpha value is -2.14. The maximum Gasteiger partial charge on any atom is 0.270 e. The lowest BCUT2D eigenvalue weighted by Gasteiger charge is -2.14. The van der Waals surface area contributed by atoms with Crippen LogP contribution in [0.15, 0.2) is 30.3 Å². The molecule has 1 aromatic carbocycles. The zero-order valence-electron chi connectivity index (χ0n) is 11.9. The van der Waals surface area contributed by atoms with E-state index in [9.17, 15) is 9.59 Å². The lowest BCUT2D eigenvalue weighted by Crippen LogP contribution is -2.38. The van der Waals surface area contributed by atoms with Gasteiger partial charge >= 0.3 is 0 Å². The average molecular weight is 306 g/mol. The molecule has 0 atom stereocenters. The molecule has 0 aliphatic heterocycles. The first-order chi connectivity index (χ1) is 10.0. The summed E-state index contributed by atoms with van der Waals surface area (Å²) in [6, 6.07) is 8.81. The number of rotatable bonds is 4. The normalized spacial score (nSPS) is 10.4. The minimum atomic E-state index is -0.416. The van der Waals surface area contributed by atoms with Gasteiger partial charge in [0, 0.05) is 19.0 Å². The van der Waals surface area contributed by atoms with Gasteiger partial charge in [-0.1, -0.05) is 29.8 Å². The zero-order valence-corrected chi connectivity index (χ0v) is 12.6. The van der Waals surface area contributed by atoms with E-state index in [0.29, 0.717) is 17.1 Å². The number of amides is 2. The van der Waals surface area contributed by atoms with Crippen LogP contribution in [0, 0.1) is 0 Å². The van der Waals surface area contributed by atoms with Crippen molar-refractivity contribution in [3.63, 3.8) is 0 Å². The maximum atomic E-state index is 12.1. The third-order valence-corrected chi connectivity index (χ3v) is 3.51. The standard InChI is InChI=1S/C15H16ClN3O2/c1-3-19(2)14(20)9-17-15(21)13-8-11(16)10-6-4-5-7-12(10)18-13/h4-8H,3,9H2,1-2H3,(H,17,21). The Morgan fingerprint density at radius 2 is 2.05 bits per heavy atom. The second-order valence-electron chi connectivity index (χ2n) is 4.60. The van der Waals surface area contributed by atoms with Crippen LogP contribution in [0.25, 0.3) is 10.9 Å². The molecule has 1 aromatic heterocycles. The summed E-state index contributed by atoms with van der Waals surface area (Å²) in [4.78, 5) is 29.5. The molecule has 0 radical (unpaired) electrons. The summed E-state index contributed by atoms with van der Waals surface area (Å²) >= 11 is 6.15. The molecule has 2 aromatic rings. The third-order valence-electron chi connectivity index (χ3n) is 3.20. The Kier molecular flexibility index (Phi) is 4.75. The Morgan fingerprint density at radius 3 is 2.76 bits per heavy atom. The smallest absolute Gasteiger partial charge is 0.270 e. The SMILES string of the molecule is CCN(C)C(=O)CNC(=O)c1cc(Cl)c2ccccc2n1. The highest BCUT2D eigenvalue weighted by Crippen LogP contribution is 2.22. The zero-order chi connectivity index (χ0) is 15.4. The van der Waals surface area contributed by atoms with Crippen molar-refractivity contribution in [2.24, 2.45) is 0 Å². The van der Waals surface area contributed by atoms with Crippen LogP contribution in [-0.4, -0.2) is 41.8 Å². The molecular formula is C15H16ClN3O2. The number of hydrogen-bond donors (Lipinski definition) is 1. The molecule has 0 aliphatic carbocycles. The maximum absolute atomic E-state index is 12.1. The van der Waals surface area contributed by atoms with Gasteiger partial charge in [-0.25, -0.2) is 4.98 Å². The average Bonchev–Trinajstić information content (AvgIpc) is 2.51. The summed E-state index contributed by atoms with van der Waals surface area (Å²) in [6.07, 6.45) is 0. The van der Waals surface area contributed by atoms with Gasteiger partial charge in [0.1, 0.15) is 5.69 Å². The largest absolute Gasteiger partial charge is 0.345 e. The molecule has 5 nitrogen and oxygen atoms in total. The van der Waals surface area contributed by atoms with Crippen molar-refractivity contribution in [3.05, 3.63) is 41.0 Å². The molecule has 0 saturated heterocycles. The van der Waals surface area contributed by atoms with E-state index in [4.69, 9.17) is 11.6 Å². The number of hydrogen-bond acceptors (Lipinski definition) is 3. The molecule has 6 heteroatoms. The van der Waals surface area contributed by atoms with Gasteiger partial charge in [-0.3, -0.25) is 9.59 Å². The van der Waals surface area contributed by atoms with Crippen molar-refractivity contribution in [2.45, 2.75) is 6.92 Å². The molecule has 0 saturated carbocycles. The molecule has 1 N–H and O–H groups in total. The second kappa shape index (κ2) is 6.54. The number of benzene rings is 1. The van der Waals surface area contributed by atoms with Crippen LogP contribution < -0.4 is 5.32 Å². The first-order valence-electron chi connectivity index (χ1n) is 6.60. The van der Waals surface area contributed by atoms with Gasteiger partial charge in [-0.2, -0.15) is 0 Å². The van der Waals surface area contributed by atoms with E-state index in [-0.39, 0.29) is 18.1 Å². The van der Waals surface area contributed by atoms with Gasteiger partial charge in [0.15, 0.2) is 0 Å². The number of fused-ring (bicyclic) bond motifs is 1. The highest BCUT2D eigenvalue weighted by Gasteiger charge is 2.13. The van der Waals surface area contributed by atoms with Crippen LogP contribution in [0.1, 0.15) is 17.4 Å². The van der Waals surface area contributed by atoms with Crippen LogP contribution in [0.5, 0.6) is 0 Å². The summed E-state index contributed by atoms with van der Waals surface area (Å²) in [5, 5.41) is 3.80. The van der Waals surface area contributed by atoms with Gasteiger partial charge in [0.25, 0.3) is 5.91 Å². The lowest BCUT2D eigenvalue weighted by molar-refractivity contribution is -0.128. The molecule has 0 fully saturated rings. The van der Waals surface area contributed by atoms with E-state index in [1.807, 2.05) is 25.1 Å². The third kappa shape index (κ3) is 3.49. The minimum Gasteiger partial charge on any atom is -0.345 e. The lowest BCUT2D eigenvalue weighted by atomic mass is 10.2. The topological polar surface area (TPSA) is 62.3 Å². The van der Waals surface area contributed by atoms with Gasteiger partial charge < -0.3 is 10.2 Å². The van der Waals surface area contributed by atoms with E-state index in [1.54, 1.807) is 13.1 Å². The molecule has 0 aliphatic rings. The first kappa shape index (κ1) is 15.3. The number of carbonyl (C=O) groups is 2. The quantitative estimate of drug-likeness (QED) is 0.941. The summed E-state index contributed by atoms with van der Waals surface area (Å²) < 4.78 is 0. The molecule has 1 heterocycles. The van der Waals surface area contributed by atoms with Crippen molar-refractivity contribution in [1.29, 1.82) is 0 Å². The second-order valence-corrected chi connectivity index (χ2v) is 5.00. The van der Waals surface area contributed by atoms with Crippen LogP contribution in [-0.2, 0) is 4.79 Å². The fourth-order valence-corrected chi connectivity index (χ4v) is 2.07. The molecular weight excluding hydrogens is 290 g/mol. The van der Waals surface area contributed by atoms with Crippen molar-refractivity contribution in [2.75, 3.05) is 20.1 Å². The predicted octanol–water partition coefficient (Wildman–Crippen LogP) is 2.10. The van der Waals surface area contributed by atoms with E-state index in [2.05, 4.69) is 10.3 Å². The number of carbonyl (C=O) groups excluding carboxylic acids is 2. The summed E-state index contributed by atoms with van der Waals surface area (Å²) in [7, 11) is 1.68.